The third kappa shape index (κ3) is 4.69. The Morgan fingerprint density at radius 2 is 1.85 bits per heavy atom. The lowest BCUT2D eigenvalue weighted by molar-refractivity contribution is -0.151. The third-order valence-electron chi connectivity index (χ3n) is 4.20. The average Bonchev–Trinajstić information content (AvgIpc) is 3.15. The maximum absolute atomic E-state index is 12.7. The fourth-order valence-corrected chi connectivity index (χ4v) is 2.73. The van der Waals surface area contributed by atoms with Crippen LogP contribution in [0.3, 0.4) is 0 Å². The Kier molecular flexibility index (Phi) is 5.80. The Bertz CT molecular complexity index is 807. The van der Waals surface area contributed by atoms with Gasteiger partial charge in [-0.05, 0) is 30.2 Å². The molecule has 0 aromatic heterocycles. The van der Waals surface area contributed by atoms with Crippen molar-refractivity contribution >= 4 is 12.1 Å². The first-order valence-electron chi connectivity index (χ1n) is 8.55. The third-order valence-corrected chi connectivity index (χ3v) is 4.20. The molecular formula is C20H21NO6. The van der Waals surface area contributed by atoms with Crippen molar-refractivity contribution in [3.63, 3.8) is 0 Å². The Balaban J connectivity index is 1.69. The van der Waals surface area contributed by atoms with E-state index in [2.05, 4.69) is 10.1 Å². The fourth-order valence-electron chi connectivity index (χ4n) is 2.73. The zero-order valence-electron chi connectivity index (χ0n) is 15.1. The van der Waals surface area contributed by atoms with Crippen molar-refractivity contribution < 1.29 is 28.5 Å². The molecule has 0 fully saturated rings. The molecule has 1 N–H and O–H groups in total. The molecule has 0 saturated heterocycles. The molecule has 142 valence electrons. The van der Waals surface area contributed by atoms with Gasteiger partial charge in [-0.15, -0.1) is 0 Å². The molecule has 1 amide bonds. The summed E-state index contributed by atoms with van der Waals surface area (Å²) in [6.45, 7) is 1.93. The van der Waals surface area contributed by atoms with E-state index in [0.717, 1.165) is 11.1 Å². The molecule has 2 atom stereocenters. The first-order valence-corrected chi connectivity index (χ1v) is 8.55. The number of methoxy groups -OCH3 is 1. The number of hydrogen-bond donors (Lipinski definition) is 1. The lowest BCUT2D eigenvalue weighted by Crippen LogP contribution is -2.43. The van der Waals surface area contributed by atoms with Gasteiger partial charge in [-0.3, -0.25) is 0 Å². The van der Waals surface area contributed by atoms with Crippen LogP contribution in [0.25, 0.3) is 0 Å². The predicted molar refractivity (Wildman–Crippen MR) is 96.5 cm³/mol. The number of alkyl carbamates (subject to hydrolysis) is 1. The Hall–Kier alpha value is -3.22. The van der Waals surface area contributed by atoms with Crippen LogP contribution in [0, 0.1) is 0 Å². The quantitative estimate of drug-likeness (QED) is 0.786. The molecule has 0 saturated carbocycles. The van der Waals surface area contributed by atoms with Gasteiger partial charge >= 0.3 is 12.1 Å². The van der Waals surface area contributed by atoms with Gasteiger partial charge in [-0.25, -0.2) is 9.59 Å². The number of carbonyl (C=O) groups excluding carboxylic acids is 2. The van der Waals surface area contributed by atoms with E-state index >= 15 is 0 Å². The molecule has 1 aliphatic heterocycles. The molecule has 0 unspecified atom stereocenters. The molecule has 0 bridgehead atoms. The van der Waals surface area contributed by atoms with Gasteiger partial charge in [0, 0.05) is 6.42 Å². The van der Waals surface area contributed by atoms with E-state index in [1.54, 1.807) is 19.1 Å². The lowest BCUT2D eigenvalue weighted by atomic mass is 10.1. The van der Waals surface area contributed by atoms with Gasteiger partial charge in [0.1, 0.15) is 12.1 Å². The summed E-state index contributed by atoms with van der Waals surface area (Å²) in [6.07, 6.45) is -0.920. The van der Waals surface area contributed by atoms with E-state index in [0.29, 0.717) is 17.9 Å². The van der Waals surface area contributed by atoms with Crippen molar-refractivity contribution in [3.8, 4) is 11.5 Å². The van der Waals surface area contributed by atoms with Crippen LogP contribution in [0.15, 0.2) is 48.5 Å². The lowest BCUT2D eigenvalue weighted by Gasteiger charge is -2.20. The van der Waals surface area contributed by atoms with Gasteiger partial charge in [-0.2, -0.15) is 0 Å². The normalized spacial score (nSPS) is 14.1. The minimum atomic E-state index is -0.865. The van der Waals surface area contributed by atoms with Gasteiger partial charge in [0.05, 0.1) is 7.11 Å². The number of carbonyl (C=O) groups is 2. The molecule has 27 heavy (non-hydrogen) atoms. The van der Waals surface area contributed by atoms with E-state index in [1.165, 1.54) is 7.11 Å². The maximum Gasteiger partial charge on any atom is 0.407 e. The summed E-state index contributed by atoms with van der Waals surface area (Å²) < 4.78 is 20.8. The van der Waals surface area contributed by atoms with Gasteiger partial charge in [-0.1, -0.05) is 36.4 Å². The van der Waals surface area contributed by atoms with Gasteiger partial charge in [0.2, 0.25) is 6.79 Å². The number of fused-ring (bicyclic) bond motifs is 1. The average molecular weight is 371 g/mol. The molecule has 1 heterocycles. The zero-order chi connectivity index (χ0) is 19.2. The fraction of sp³-hybridized carbons (Fsp3) is 0.300. The standard InChI is InChI=1S/C20H21NO6/c1-13(15-8-9-17-18(11-15)26-12-25-17)27-19(22)16(21-20(23)24-2)10-14-6-4-3-5-7-14/h3-9,11,13,16H,10,12H2,1-2H3,(H,21,23)/t13-,16-/m1/s1. The molecule has 0 radical (unpaired) electrons. The summed E-state index contributed by atoms with van der Waals surface area (Å²) >= 11 is 0. The molecule has 2 aromatic rings. The highest BCUT2D eigenvalue weighted by atomic mass is 16.7. The van der Waals surface area contributed by atoms with E-state index in [1.807, 2.05) is 36.4 Å². The molecule has 0 aliphatic carbocycles. The van der Waals surface area contributed by atoms with Crippen molar-refractivity contribution in [2.75, 3.05) is 13.9 Å². The first kappa shape index (κ1) is 18.6. The predicted octanol–water partition coefficient (Wildman–Crippen LogP) is 2.99. The first-order chi connectivity index (χ1) is 13.1. The van der Waals surface area contributed by atoms with Crippen LogP contribution in [0.4, 0.5) is 4.79 Å². The highest BCUT2D eigenvalue weighted by Gasteiger charge is 2.26. The number of rotatable bonds is 6. The summed E-state index contributed by atoms with van der Waals surface area (Å²) in [5.41, 5.74) is 1.66. The second kappa shape index (κ2) is 8.44. The van der Waals surface area contributed by atoms with Crippen LogP contribution < -0.4 is 14.8 Å². The van der Waals surface area contributed by atoms with Crippen LogP contribution in [0.5, 0.6) is 11.5 Å². The number of amides is 1. The Labute approximate surface area is 157 Å². The molecule has 2 aromatic carbocycles. The monoisotopic (exact) mass is 371 g/mol. The summed E-state index contributed by atoms with van der Waals surface area (Å²) in [4.78, 5) is 24.3. The summed E-state index contributed by atoms with van der Waals surface area (Å²) in [6, 6.07) is 13.9. The van der Waals surface area contributed by atoms with Crippen LogP contribution in [0.2, 0.25) is 0 Å². The smallest absolute Gasteiger partial charge is 0.407 e. The summed E-state index contributed by atoms with van der Waals surface area (Å²) in [5, 5.41) is 2.53. The SMILES string of the molecule is COC(=O)N[C@H](Cc1ccccc1)C(=O)O[C@H](C)c1ccc2c(c1)OCO2. The molecular weight excluding hydrogens is 350 g/mol. The van der Waals surface area contributed by atoms with Crippen molar-refractivity contribution in [1.82, 2.24) is 5.32 Å². The minimum absolute atomic E-state index is 0.176. The largest absolute Gasteiger partial charge is 0.456 e. The van der Waals surface area contributed by atoms with E-state index < -0.39 is 24.2 Å². The Morgan fingerprint density at radius 3 is 2.59 bits per heavy atom. The zero-order valence-corrected chi connectivity index (χ0v) is 15.1. The molecule has 0 spiro atoms. The minimum Gasteiger partial charge on any atom is -0.456 e. The molecule has 7 nitrogen and oxygen atoms in total. The summed E-state index contributed by atoms with van der Waals surface area (Å²) in [7, 11) is 1.25. The van der Waals surface area contributed by atoms with Crippen LogP contribution in [-0.4, -0.2) is 32.0 Å². The highest BCUT2D eigenvalue weighted by Crippen LogP contribution is 2.34. The number of hydrogen-bond acceptors (Lipinski definition) is 6. The number of esters is 1. The number of ether oxygens (including phenoxy) is 4. The topological polar surface area (TPSA) is 83.1 Å². The van der Waals surface area contributed by atoms with E-state index in [9.17, 15) is 9.59 Å². The van der Waals surface area contributed by atoms with Gasteiger partial charge < -0.3 is 24.3 Å². The number of nitrogens with one attached hydrogen (secondary N) is 1. The molecule has 3 rings (SSSR count). The van der Waals surface area contributed by atoms with E-state index in [-0.39, 0.29) is 6.79 Å². The van der Waals surface area contributed by atoms with Crippen molar-refractivity contribution in [1.29, 1.82) is 0 Å². The molecule has 7 heteroatoms. The van der Waals surface area contributed by atoms with Crippen molar-refractivity contribution in [3.05, 3.63) is 59.7 Å². The van der Waals surface area contributed by atoms with Gasteiger partial charge in [0.25, 0.3) is 0 Å². The second-order valence-electron chi connectivity index (χ2n) is 6.07. The van der Waals surface area contributed by atoms with Crippen LogP contribution in [0.1, 0.15) is 24.2 Å². The van der Waals surface area contributed by atoms with E-state index in [4.69, 9.17) is 14.2 Å². The van der Waals surface area contributed by atoms with Gasteiger partial charge in [0.15, 0.2) is 11.5 Å². The van der Waals surface area contributed by atoms with Crippen LogP contribution >= 0.6 is 0 Å². The maximum atomic E-state index is 12.7. The van der Waals surface area contributed by atoms with Crippen LogP contribution in [-0.2, 0) is 20.7 Å². The second-order valence-corrected chi connectivity index (χ2v) is 6.07. The summed E-state index contributed by atoms with van der Waals surface area (Å²) in [5.74, 6) is 0.727. The van der Waals surface area contributed by atoms with Crippen molar-refractivity contribution in [2.24, 2.45) is 0 Å². The number of benzene rings is 2. The highest BCUT2D eigenvalue weighted by molar-refractivity contribution is 5.81. The molecule has 1 aliphatic rings. The Morgan fingerprint density at radius 1 is 1.11 bits per heavy atom. The van der Waals surface area contributed by atoms with Crippen molar-refractivity contribution in [2.45, 2.75) is 25.5 Å².